The quantitative estimate of drug-likeness (QED) is 0.787. The van der Waals surface area contributed by atoms with Gasteiger partial charge in [0.1, 0.15) is 0 Å². The Labute approximate surface area is 173 Å². The molecule has 4 nitrogen and oxygen atoms in total. The number of hydrogen-bond donors (Lipinski definition) is 0. The highest BCUT2D eigenvalue weighted by molar-refractivity contribution is 6.00. The van der Waals surface area contributed by atoms with Crippen molar-refractivity contribution in [2.45, 2.75) is 39.5 Å². The lowest BCUT2D eigenvalue weighted by Crippen LogP contribution is -2.42. The van der Waals surface area contributed by atoms with Crippen molar-refractivity contribution in [2.24, 2.45) is 11.8 Å². The van der Waals surface area contributed by atoms with Gasteiger partial charge >= 0.3 is 0 Å². The molecule has 2 saturated heterocycles. The van der Waals surface area contributed by atoms with E-state index >= 15 is 0 Å². The van der Waals surface area contributed by atoms with Crippen LogP contribution >= 0.6 is 0 Å². The lowest BCUT2D eigenvalue weighted by molar-refractivity contribution is -0.137. The monoisotopic (exact) mass is 390 g/mol. The molecule has 2 aliphatic heterocycles. The van der Waals surface area contributed by atoms with Crippen molar-refractivity contribution in [1.29, 1.82) is 0 Å². The summed E-state index contributed by atoms with van der Waals surface area (Å²) in [6.45, 7) is 6.25. The van der Waals surface area contributed by atoms with Crippen molar-refractivity contribution in [1.82, 2.24) is 4.90 Å². The highest BCUT2D eigenvalue weighted by Crippen LogP contribution is 2.29. The fourth-order valence-corrected chi connectivity index (χ4v) is 4.58. The summed E-state index contributed by atoms with van der Waals surface area (Å²) in [4.78, 5) is 29.4. The lowest BCUT2D eigenvalue weighted by atomic mass is 9.89. The average molecular weight is 391 g/mol. The van der Waals surface area contributed by atoms with Crippen molar-refractivity contribution in [3.05, 3.63) is 65.2 Å². The van der Waals surface area contributed by atoms with Crippen LogP contribution in [0.3, 0.4) is 0 Å². The average Bonchev–Trinajstić information content (AvgIpc) is 3.12. The van der Waals surface area contributed by atoms with Gasteiger partial charge in [0.15, 0.2) is 0 Å². The topological polar surface area (TPSA) is 40.6 Å². The molecule has 2 aromatic carbocycles. The van der Waals surface area contributed by atoms with E-state index in [-0.39, 0.29) is 17.7 Å². The smallest absolute Gasteiger partial charge is 0.228 e. The second kappa shape index (κ2) is 8.40. The number of rotatable bonds is 4. The standard InChI is InChI=1S/C25H30N2O2/c1-18-8-9-23(14-19(18)2)27-17-22(16-24(27)28)25(29)26-12-10-21(11-13-26)15-20-6-4-3-5-7-20/h3-9,14,21-22H,10-13,15-17H2,1-2H3/t22-/m1/s1. The number of aryl methyl sites for hydroxylation is 2. The van der Waals surface area contributed by atoms with Crippen LogP contribution in [0.4, 0.5) is 5.69 Å². The maximum atomic E-state index is 13.1. The van der Waals surface area contributed by atoms with E-state index in [2.05, 4.69) is 50.2 Å². The van der Waals surface area contributed by atoms with Gasteiger partial charge in [-0.3, -0.25) is 9.59 Å². The number of carbonyl (C=O) groups excluding carboxylic acids is 2. The van der Waals surface area contributed by atoms with E-state index in [4.69, 9.17) is 0 Å². The first-order valence-electron chi connectivity index (χ1n) is 10.7. The van der Waals surface area contributed by atoms with Gasteiger partial charge in [-0.25, -0.2) is 0 Å². The van der Waals surface area contributed by atoms with Crippen LogP contribution in [-0.4, -0.2) is 36.3 Å². The number of hydrogen-bond acceptors (Lipinski definition) is 2. The molecule has 0 N–H and O–H groups in total. The fourth-order valence-electron chi connectivity index (χ4n) is 4.58. The number of amides is 2. The van der Waals surface area contributed by atoms with Crippen LogP contribution in [0.15, 0.2) is 48.5 Å². The number of carbonyl (C=O) groups is 2. The zero-order valence-corrected chi connectivity index (χ0v) is 17.4. The van der Waals surface area contributed by atoms with Gasteiger partial charge in [-0.2, -0.15) is 0 Å². The molecule has 2 fully saturated rings. The predicted octanol–water partition coefficient (Wildman–Crippen LogP) is 4.14. The minimum atomic E-state index is -0.213. The molecule has 2 amide bonds. The molecule has 0 radical (unpaired) electrons. The van der Waals surface area contributed by atoms with Gasteiger partial charge in [-0.15, -0.1) is 0 Å². The van der Waals surface area contributed by atoms with Crippen LogP contribution in [0.5, 0.6) is 0 Å². The fraction of sp³-hybridized carbons (Fsp3) is 0.440. The van der Waals surface area contributed by atoms with Crippen LogP contribution in [0.2, 0.25) is 0 Å². The molecule has 4 heteroatoms. The molecule has 0 unspecified atom stereocenters. The highest BCUT2D eigenvalue weighted by Gasteiger charge is 2.38. The summed E-state index contributed by atoms with van der Waals surface area (Å²) in [7, 11) is 0. The molecule has 4 rings (SSSR count). The Bertz CT molecular complexity index is 885. The number of benzene rings is 2. The summed E-state index contributed by atoms with van der Waals surface area (Å²) in [5.41, 5.74) is 4.68. The molecule has 2 heterocycles. The van der Waals surface area contributed by atoms with Crippen molar-refractivity contribution >= 4 is 17.5 Å². The highest BCUT2D eigenvalue weighted by atomic mass is 16.2. The van der Waals surface area contributed by atoms with Crippen LogP contribution in [0.1, 0.15) is 36.0 Å². The second-order valence-corrected chi connectivity index (χ2v) is 8.63. The maximum Gasteiger partial charge on any atom is 0.228 e. The molecule has 0 spiro atoms. The Morgan fingerprint density at radius 2 is 1.72 bits per heavy atom. The molecule has 1 atom stereocenters. The third-order valence-electron chi connectivity index (χ3n) is 6.57. The largest absolute Gasteiger partial charge is 0.342 e. The molecule has 0 aromatic heterocycles. The van der Waals surface area contributed by atoms with Crippen molar-refractivity contribution in [2.75, 3.05) is 24.5 Å². The van der Waals surface area contributed by atoms with Crippen LogP contribution in [0, 0.1) is 25.7 Å². The predicted molar refractivity (Wildman–Crippen MR) is 116 cm³/mol. The zero-order valence-electron chi connectivity index (χ0n) is 17.4. The van der Waals surface area contributed by atoms with Crippen molar-refractivity contribution in [3.63, 3.8) is 0 Å². The first-order chi connectivity index (χ1) is 14.0. The molecular formula is C25H30N2O2. The van der Waals surface area contributed by atoms with E-state index < -0.39 is 0 Å². The molecule has 29 heavy (non-hydrogen) atoms. The zero-order chi connectivity index (χ0) is 20.4. The van der Waals surface area contributed by atoms with Crippen LogP contribution < -0.4 is 4.90 Å². The molecule has 0 saturated carbocycles. The van der Waals surface area contributed by atoms with E-state index in [0.29, 0.717) is 18.9 Å². The SMILES string of the molecule is Cc1ccc(N2C[C@H](C(=O)N3CCC(Cc4ccccc4)CC3)CC2=O)cc1C. The van der Waals surface area contributed by atoms with Gasteiger partial charge in [0.25, 0.3) is 0 Å². The van der Waals surface area contributed by atoms with Gasteiger partial charge < -0.3 is 9.80 Å². The maximum absolute atomic E-state index is 13.1. The third kappa shape index (κ3) is 4.36. The van der Waals surface area contributed by atoms with E-state index in [1.54, 1.807) is 4.90 Å². The Morgan fingerprint density at radius 3 is 2.41 bits per heavy atom. The Morgan fingerprint density at radius 1 is 1.00 bits per heavy atom. The normalized spacial score (nSPS) is 20.3. The summed E-state index contributed by atoms with van der Waals surface area (Å²) in [6, 6.07) is 16.7. The summed E-state index contributed by atoms with van der Waals surface area (Å²) in [5.74, 6) is 0.641. The van der Waals surface area contributed by atoms with Gasteiger partial charge in [0.2, 0.25) is 11.8 Å². The molecule has 0 aliphatic carbocycles. The van der Waals surface area contributed by atoms with Crippen LogP contribution in [-0.2, 0) is 16.0 Å². The molecular weight excluding hydrogens is 360 g/mol. The molecule has 0 bridgehead atoms. The summed E-state index contributed by atoms with van der Waals surface area (Å²) >= 11 is 0. The van der Waals surface area contributed by atoms with Crippen LogP contribution in [0.25, 0.3) is 0 Å². The third-order valence-corrected chi connectivity index (χ3v) is 6.57. The Balaban J connectivity index is 1.33. The Kier molecular flexibility index (Phi) is 5.70. The first-order valence-corrected chi connectivity index (χ1v) is 10.7. The molecule has 2 aliphatic rings. The number of nitrogens with zero attached hydrogens (tertiary/aromatic N) is 2. The molecule has 2 aromatic rings. The Hall–Kier alpha value is -2.62. The lowest BCUT2D eigenvalue weighted by Gasteiger charge is -2.33. The first kappa shape index (κ1) is 19.7. The van der Waals surface area contributed by atoms with Gasteiger partial charge in [-0.1, -0.05) is 36.4 Å². The summed E-state index contributed by atoms with van der Waals surface area (Å²) in [6.07, 6.45) is 3.51. The van der Waals surface area contributed by atoms with E-state index in [0.717, 1.165) is 38.0 Å². The van der Waals surface area contributed by atoms with Gasteiger partial charge in [0.05, 0.1) is 5.92 Å². The van der Waals surface area contributed by atoms with E-state index in [9.17, 15) is 9.59 Å². The van der Waals surface area contributed by atoms with E-state index in [1.807, 2.05) is 17.0 Å². The number of likely N-dealkylation sites (tertiary alicyclic amines) is 1. The van der Waals surface area contributed by atoms with Gasteiger partial charge in [-0.05, 0) is 67.9 Å². The second-order valence-electron chi connectivity index (χ2n) is 8.63. The number of anilines is 1. The van der Waals surface area contributed by atoms with Crippen molar-refractivity contribution < 1.29 is 9.59 Å². The summed E-state index contributed by atoms with van der Waals surface area (Å²) in [5, 5.41) is 0. The number of piperidine rings is 1. The molecule has 152 valence electrons. The van der Waals surface area contributed by atoms with Crippen molar-refractivity contribution in [3.8, 4) is 0 Å². The minimum absolute atomic E-state index is 0.0607. The summed E-state index contributed by atoms with van der Waals surface area (Å²) < 4.78 is 0. The van der Waals surface area contributed by atoms with Gasteiger partial charge in [0, 0.05) is 31.7 Å². The minimum Gasteiger partial charge on any atom is -0.342 e. The van der Waals surface area contributed by atoms with E-state index in [1.165, 1.54) is 16.7 Å².